The van der Waals surface area contributed by atoms with Crippen LogP contribution < -0.4 is 5.63 Å². The van der Waals surface area contributed by atoms with Crippen molar-refractivity contribution in [1.29, 1.82) is 0 Å². The summed E-state index contributed by atoms with van der Waals surface area (Å²) in [5.74, 6) is 0.659. The van der Waals surface area contributed by atoms with Gasteiger partial charge in [0.15, 0.2) is 0 Å². The Morgan fingerprint density at radius 2 is 2.07 bits per heavy atom. The maximum absolute atomic E-state index is 11.5. The average Bonchev–Trinajstić information content (AvgIpc) is 2.17. The lowest BCUT2D eigenvalue weighted by molar-refractivity contribution is 0.488. The molecule has 0 aliphatic carbocycles. The molecule has 2 nitrogen and oxygen atoms in total. The number of rotatable bonds is 1. The highest BCUT2D eigenvalue weighted by Crippen LogP contribution is 2.14. The zero-order valence-corrected chi connectivity index (χ0v) is 8.33. The Morgan fingerprint density at radius 3 is 2.79 bits per heavy atom. The minimum atomic E-state index is -0.240. The summed E-state index contributed by atoms with van der Waals surface area (Å²) in [5, 5.41) is 1.63. The molecule has 0 saturated heterocycles. The monoisotopic (exact) mass is 188 g/mol. The van der Waals surface area contributed by atoms with E-state index in [4.69, 9.17) is 4.42 Å². The molecule has 1 aromatic heterocycles. The fourth-order valence-electron chi connectivity index (χ4n) is 1.58. The molecule has 2 heteroatoms. The lowest BCUT2D eigenvalue weighted by Gasteiger charge is -2.00. The van der Waals surface area contributed by atoms with Gasteiger partial charge in [0, 0.05) is 0 Å². The third-order valence-corrected chi connectivity index (χ3v) is 2.36. The molecule has 72 valence electrons. The van der Waals surface area contributed by atoms with Gasteiger partial charge in [-0.2, -0.15) is 0 Å². The second-order valence-electron chi connectivity index (χ2n) is 3.42. The minimum Gasteiger partial charge on any atom is -0.428 e. The molecule has 1 heterocycles. The van der Waals surface area contributed by atoms with Crippen LogP contribution in [-0.2, 0) is 6.42 Å². The van der Waals surface area contributed by atoms with E-state index < -0.39 is 0 Å². The molecule has 2 rings (SSSR count). The molecule has 2 aromatic rings. The zero-order valence-electron chi connectivity index (χ0n) is 8.33. The fourth-order valence-corrected chi connectivity index (χ4v) is 1.58. The van der Waals surface area contributed by atoms with Gasteiger partial charge in [0.2, 0.25) is 0 Å². The number of fused-ring (bicyclic) bond motifs is 1. The first-order chi connectivity index (χ1) is 6.70. The molecule has 0 spiro atoms. The molecular weight excluding hydrogens is 176 g/mol. The van der Waals surface area contributed by atoms with Gasteiger partial charge in [-0.05, 0) is 36.4 Å². The van der Waals surface area contributed by atoms with Crippen LogP contribution in [0.2, 0.25) is 0 Å². The standard InChI is InChI=1S/C12H12O2/c1-3-9-4-5-10-6-8(2)14-12(13)11(10)7-9/h4-7H,3H2,1-2H3. The maximum Gasteiger partial charge on any atom is 0.343 e. The van der Waals surface area contributed by atoms with Gasteiger partial charge in [0.05, 0.1) is 5.39 Å². The van der Waals surface area contributed by atoms with Crippen molar-refractivity contribution in [3.05, 3.63) is 46.0 Å². The van der Waals surface area contributed by atoms with Gasteiger partial charge in [-0.3, -0.25) is 0 Å². The van der Waals surface area contributed by atoms with E-state index in [0.717, 1.165) is 17.4 Å². The summed E-state index contributed by atoms with van der Waals surface area (Å²) in [6, 6.07) is 7.80. The molecule has 0 fully saturated rings. The summed E-state index contributed by atoms with van der Waals surface area (Å²) >= 11 is 0. The first-order valence-electron chi connectivity index (χ1n) is 4.74. The molecule has 0 amide bonds. The van der Waals surface area contributed by atoms with Gasteiger partial charge >= 0.3 is 5.63 Å². The highest BCUT2D eigenvalue weighted by molar-refractivity contribution is 5.81. The van der Waals surface area contributed by atoms with Crippen LogP contribution in [-0.4, -0.2) is 0 Å². The zero-order chi connectivity index (χ0) is 10.1. The van der Waals surface area contributed by atoms with E-state index in [1.807, 2.05) is 24.3 Å². The first-order valence-corrected chi connectivity index (χ1v) is 4.74. The van der Waals surface area contributed by atoms with Gasteiger partial charge < -0.3 is 4.42 Å². The Balaban J connectivity index is 2.82. The van der Waals surface area contributed by atoms with E-state index >= 15 is 0 Å². The van der Waals surface area contributed by atoms with Gasteiger partial charge in [0.25, 0.3) is 0 Å². The molecule has 0 aliphatic rings. The third-order valence-electron chi connectivity index (χ3n) is 2.36. The highest BCUT2D eigenvalue weighted by atomic mass is 16.4. The van der Waals surface area contributed by atoms with E-state index in [9.17, 15) is 4.79 Å². The number of aryl methyl sites for hydroxylation is 2. The largest absolute Gasteiger partial charge is 0.428 e. The summed E-state index contributed by atoms with van der Waals surface area (Å²) in [7, 11) is 0. The van der Waals surface area contributed by atoms with E-state index in [1.165, 1.54) is 0 Å². The van der Waals surface area contributed by atoms with Crippen molar-refractivity contribution < 1.29 is 4.42 Å². The molecule has 1 aromatic carbocycles. The van der Waals surface area contributed by atoms with Crippen molar-refractivity contribution in [2.75, 3.05) is 0 Å². The Bertz CT molecular complexity index is 523. The van der Waals surface area contributed by atoms with Crippen molar-refractivity contribution in [3.8, 4) is 0 Å². The summed E-state index contributed by atoms with van der Waals surface area (Å²) in [4.78, 5) is 11.5. The Kier molecular flexibility index (Phi) is 2.12. The van der Waals surface area contributed by atoms with Gasteiger partial charge in [-0.1, -0.05) is 19.1 Å². The van der Waals surface area contributed by atoms with Crippen LogP contribution >= 0.6 is 0 Å². The van der Waals surface area contributed by atoms with Crippen LogP contribution in [0.25, 0.3) is 10.8 Å². The van der Waals surface area contributed by atoms with Gasteiger partial charge in [0.1, 0.15) is 5.76 Å². The molecule has 0 bridgehead atoms. The smallest absolute Gasteiger partial charge is 0.343 e. The van der Waals surface area contributed by atoms with Crippen LogP contribution in [0.3, 0.4) is 0 Å². The van der Waals surface area contributed by atoms with Crippen molar-refractivity contribution >= 4 is 10.8 Å². The highest BCUT2D eigenvalue weighted by Gasteiger charge is 2.02. The first kappa shape index (κ1) is 9.00. The van der Waals surface area contributed by atoms with Crippen LogP contribution in [0.4, 0.5) is 0 Å². The normalized spacial score (nSPS) is 10.7. The topological polar surface area (TPSA) is 30.2 Å². The van der Waals surface area contributed by atoms with E-state index in [1.54, 1.807) is 6.92 Å². The number of benzene rings is 1. The molecular formula is C12H12O2. The predicted molar refractivity (Wildman–Crippen MR) is 56.6 cm³/mol. The van der Waals surface area contributed by atoms with E-state index in [2.05, 4.69) is 6.92 Å². The fraction of sp³-hybridized carbons (Fsp3) is 0.250. The molecule has 0 saturated carbocycles. The summed E-state index contributed by atoms with van der Waals surface area (Å²) < 4.78 is 5.03. The average molecular weight is 188 g/mol. The SMILES string of the molecule is CCc1ccc2cc(C)oc(=O)c2c1. The van der Waals surface area contributed by atoms with Gasteiger partial charge in [-0.15, -0.1) is 0 Å². The summed E-state index contributed by atoms with van der Waals surface area (Å²) in [5.41, 5.74) is 0.920. The Labute approximate surface area is 82.2 Å². The molecule has 0 unspecified atom stereocenters. The lowest BCUT2D eigenvalue weighted by Crippen LogP contribution is -2.00. The van der Waals surface area contributed by atoms with Crippen LogP contribution in [0, 0.1) is 6.92 Å². The van der Waals surface area contributed by atoms with Crippen molar-refractivity contribution in [3.63, 3.8) is 0 Å². The molecule has 0 radical (unpaired) electrons. The second kappa shape index (κ2) is 3.29. The summed E-state index contributed by atoms with van der Waals surface area (Å²) in [6.45, 7) is 3.85. The van der Waals surface area contributed by atoms with Gasteiger partial charge in [-0.25, -0.2) is 4.79 Å². The predicted octanol–water partition coefficient (Wildman–Crippen LogP) is 2.66. The summed E-state index contributed by atoms with van der Waals surface area (Å²) in [6.07, 6.45) is 0.934. The molecule has 14 heavy (non-hydrogen) atoms. The quantitative estimate of drug-likeness (QED) is 0.688. The Hall–Kier alpha value is -1.57. The Morgan fingerprint density at radius 1 is 1.29 bits per heavy atom. The number of hydrogen-bond acceptors (Lipinski definition) is 2. The maximum atomic E-state index is 11.5. The van der Waals surface area contributed by atoms with Crippen LogP contribution in [0.1, 0.15) is 18.2 Å². The van der Waals surface area contributed by atoms with Crippen molar-refractivity contribution in [1.82, 2.24) is 0 Å². The molecule has 0 aliphatic heterocycles. The van der Waals surface area contributed by atoms with E-state index in [0.29, 0.717) is 11.1 Å². The van der Waals surface area contributed by atoms with Crippen LogP contribution in [0.5, 0.6) is 0 Å². The molecule has 0 N–H and O–H groups in total. The van der Waals surface area contributed by atoms with Crippen molar-refractivity contribution in [2.24, 2.45) is 0 Å². The third kappa shape index (κ3) is 1.43. The molecule has 0 atom stereocenters. The van der Waals surface area contributed by atoms with Crippen molar-refractivity contribution in [2.45, 2.75) is 20.3 Å². The minimum absolute atomic E-state index is 0.240. The van der Waals surface area contributed by atoms with E-state index in [-0.39, 0.29) is 5.63 Å². The van der Waals surface area contributed by atoms with Crippen LogP contribution in [0.15, 0.2) is 33.5 Å². The second-order valence-corrected chi connectivity index (χ2v) is 3.42. The lowest BCUT2D eigenvalue weighted by atomic mass is 10.1. The number of hydrogen-bond donors (Lipinski definition) is 0.